The molecule has 0 bridgehead atoms. The average molecular weight is 239 g/mol. The van der Waals surface area contributed by atoms with Crippen LogP contribution in [0.2, 0.25) is 0 Å². The second kappa shape index (κ2) is 3.25. The molecule has 3 heterocycles. The molecule has 0 saturated carbocycles. The Bertz CT molecular complexity index is 617. The fourth-order valence-electron chi connectivity index (χ4n) is 3.45. The van der Waals surface area contributed by atoms with Gasteiger partial charge in [-0.15, -0.1) is 0 Å². The Morgan fingerprint density at radius 2 is 2.06 bits per heavy atom. The maximum absolute atomic E-state index is 12.5. The Morgan fingerprint density at radius 3 is 2.89 bits per heavy atom. The summed E-state index contributed by atoms with van der Waals surface area (Å²) in [7, 11) is 0. The van der Waals surface area contributed by atoms with E-state index >= 15 is 0 Å². The average Bonchev–Trinajstić information content (AvgIpc) is 3.09. The van der Waals surface area contributed by atoms with Crippen molar-refractivity contribution in [3.63, 3.8) is 0 Å². The molecule has 1 aromatic carbocycles. The van der Waals surface area contributed by atoms with Crippen molar-refractivity contribution < 1.29 is 9.21 Å². The minimum absolute atomic E-state index is 0.138. The number of benzene rings is 1. The van der Waals surface area contributed by atoms with Gasteiger partial charge in [0.1, 0.15) is 11.3 Å². The molecule has 3 heteroatoms. The molecule has 90 valence electrons. The third-order valence-electron chi connectivity index (χ3n) is 4.16. The minimum atomic E-state index is -0.350. The normalized spacial score (nSPS) is 25.3. The van der Waals surface area contributed by atoms with Crippen LogP contribution in [0.1, 0.15) is 34.5 Å². The highest BCUT2D eigenvalue weighted by Crippen LogP contribution is 2.50. The largest absolute Gasteiger partial charge is 0.466 e. The standard InChI is InChI=1S/C15H13NO2/c17-14-11-5-1-2-6-12(11)15(8-4-9-16(14)15)13-7-3-10-18-13/h1-3,5-7,10H,4,8-9H2. The van der Waals surface area contributed by atoms with Crippen LogP contribution in [0.15, 0.2) is 47.1 Å². The summed E-state index contributed by atoms with van der Waals surface area (Å²) in [4.78, 5) is 14.4. The van der Waals surface area contributed by atoms with E-state index in [2.05, 4.69) is 6.07 Å². The van der Waals surface area contributed by atoms with Crippen LogP contribution in [0.3, 0.4) is 0 Å². The van der Waals surface area contributed by atoms with Crippen molar-refractivity contribution in [2.45, 2.75) is 18.4 Å². The van der Waals surface area contributed by atoms with Crippen molar-refractivity contribution in [3.8, 4) is 0 Å². The first-order chi connectivity index (χ1) is 8.84. The summed E-state index contributed by atoms with van der Waals surface area (Å²) in [5.74, 6) is 1.03. The number of amides is 1. The molecule has 1 atom stereocenters. The number of furan rings is 1. The fourth-order valence-corrected chi connectivity index (χ4v) is 3.45. The molecule has 0 spiro atoms. The lowest BCUT2D eigenvalue weighted by Crippen LogP contribution is -2.39. The third kappa shape index (κ3) is 0.980. The van der Waals surface area contributed by atoms with Gasteiger partial charge in [-0.05, 0) is 36.6 Å². The number of rotatable bonds is 1. The third-order valence-corrected chi connectivity index (χ3v) is 4.16. The van der Waals surface area contributed by atoms with Crippen molar-refractivity contribution >= 4 is 5.91 Å². The van der Waals surface area contributed by atoms with Crippen LogP contribution >= 0.6 is 0 Å². The predicted octanol–water partition coefficient (Wildman–Crippen LogP) is 2.77. The molecule has 1 fully saturated rings. The zero-order valence-electron chi connectivity index (χ0n) is 9.93. The number of nitrogens with zero attached hydrogens (tertiary/aromatic N) is 1. The predicted molar refractivity (Wildman–Crippen MR) is 66.2 cm³/mol. The van der Waals surface area contributed by atoms with Gasteiger partial charge in [-0.1, -0.05) is 18.2 Å². The van der Waals surface area contributed by atoms with Crippen molar-refractivity contribution in [2.75, 3.05) is 6.54 Å². The van der Waals surface area contributed by atoms with Crippen molar-refractivity contribution in [1.29, 1.82) is 0 Å². The van der Waals surface area contributed by atoms with E-state index in [-0.39, 0.29) is 11.4 Å². The van der Waals surface area contributed by atoms with Gasteiger partial charge in [0.25, 0.3) is 5.91 Å². The van der Waals surface area contributed by atoms with E-state index in [1.165, 1.54) is 0 Å². The van der Waals surface area contributed by atoms with Crippen LogP contribution in [0.5, 0.6) is 0 Å². The van der Waals surface area contributed by atoms with E-state index in [0.717, 1.165) is 36.3 Å². The van der Waals surface area contributed by atoms with Gasteiger partial charge >= 0.3 is 0 Å². The molecule has 2 aromatic rings. The van der Waals surface area contributed by atoms with Crippen LogP contribution < -0.4 is 0 Å². The maximum atomic E-state index is 12.5. The molecule has 0 radical (unpaired) electrons. The first kappa shape index (κ1) is 9.95. The Labute approximate surface area is 105 Å². The van der Waals surface area contributed by atoms with Gasteiger partial charge in [0.15, 0.2) is 0 Å². The highest BCUT2D eigenvalue weighted by Gasteiger charge is 2.54. The maximum Gasteiger partial charge on any atom is 0.255 e. The smallest absolute Gasteiger partial charge is 0.255 e. The second-order valence-corrected chi connectivity index (χ2v) is 4.94. The number of hydrogen-bond donors (Lipinski definition) is 0. The van der Waals surface area contributed by atoms with Crippen molar-refractivity contribution in [3.05, 3.63) is 59.5 Å². The lowest BCUT2D eigenvalue weighted by atomic mass is 9.85. The summed E-state index contributed by atoms with van der Waals surface area (Å²) in [6, 6.07) is 11.8. The van der Waals surface area contributed by atoms with E-state index in [1.54, 1.807) is 6.26 Å². The van der Waals surface area contributed by atoms with Crippen LogP contribution in [-0.4, -0.2) is 17.4 Å². The molecular formula is C15H13NO2. The molecule has 4 rings (SSSR count). The molecular weight excluding hydrogens is 226 g/mol. The number of carbonyl (C=O) groups excluding carboxylic acids is 1. The second-order valence-electron chi connectivity index (χ2n) is 4.94. The monoisotopic (exact) mass is 239 g/mol. The summed E-state index contributed by atoms with van der Waals surface area (Å²) >= 11 is 0. The molecule has 1 amide bonds. The molecule has 2 aliphatic rings. The van der Waals surface area contributed by atoms with Gasteiger partial charge in [0, 0.05) is 12.1 Å². The lowest BCUT2D eigenvalue weighted by Gasteiger charge is -2.30. The summed E-state index contributed by atoms with van der Waals surface area (Å²) in [6.45, 7) is 0.814. The molecule has 0 aliphatic carbocycles. The minimum Gasteiger partial charge on any atom is -0.466 e. The molecule has 18 heavy (non-hydrogen) atoms. The van der Waals surface area contributed by atoms with Gasteiger partial charge in [0.05, 0.1) is 6.26 Å². The molecule has 3 nitrogen and oxygen atoms in total. The number of hydrogen-bond acceptors (Lipinski definition) is 2. The van der Waals surface area contributed by atoms with Crippen LogP contribution in [-0.2, 0) is 5.54 Å². The molecule has 1 saturated heterocycles. The SMILES string of the molecule is O=C1c2ccccc2C2(c3ccco3)CCCN12. The highest BCUT2D eigenvalue weighted by molar-refractivity contribution is 6.01. The summed E-state index contributed by atoms with van der Waals surface area (Å²) < 4.78 is 5.63. The van der Waals surface area contributed by atoms with E-state index < -0.39 is 0 Å². The Balaban J connectivity index is 2.03. The van der Waals surface area contributed by atoms with Gasteiger partial charge in [-0.3, -0.25) is 4.79 Å². The van der Waals surface area contributed by atoms with Gasteiger partial charge in [-0.25, -0.2) is 0 Å². The zero-order valence-corrected chi connectivity index (χ0v) is 9.93. The Morgan fingerprint density at radius 1 is 1.17 bits per heavy atom. The first-order valence-corrected chi connectivity index (χ1v) is 6.29. The molecule has 1 aromatic heterocycles. The van der Waals surface area contributed by atoms with Crippen LogP contribution in [0, 0.1) is 0 Å². The van der Waals surface area contributed by atoms with Crippen LogP contribution in [0.25, 0.3) is 0 Å². The summed E-state index contributed by atoms with van der Waals surface area (Å²) in [5.41, 5.74) is 1.58. The van der Waals surface area contributed by atoms with Gasteiger partial charge in [0.2, 0.25) is 0 Å². The summed E-state index contributed by atoms with van der Waals surface area (Å²) in [6.07, 6.45) is 3.66. The number of carbonyl (C=O) groups is 1. The van der Waals surface area contributed by atoms with Crippen molar-refractivity contribution in [2.24, 2.45) is 0 Å². The summed E-state index contributed by atoms with van der Waals surface area (Å²) in [5, 5.41) is 0. The Hall–Kier alpha value is -2.03. The molecule has 0 N–H and O–H groups in total. The quantitative estimate of drug-likeness (QED) is 0.766. The topological polar surface area (TPSA) is 33.5 Å². The van der Waals surface area contributed by atoms with E-state index in [9.17, 15) is 4.79 Å². The lowest BCUT2D eigenvalue weighted by molar-refractivity contribution is 0.0685. The van der Waals surface area contributed by atoms with Gasteiger partial charge in [-0.2, -0.15) is 0 Å². The molecule has 2 aliphatic heterocycles. The zero-order chi connectivity index (χ0) is 12.2. The van der Waals surface area contributed by atoms with E-state index in [0.29, 0.717) is 0 Å². The Kier molecular flexibility index (Phi) is 1.80. The molecule has 1 unspecified atom stereocenters. The van der Waals surface area contributed by atoms with Crippen molar-refractivity contribution in [1.82, 2.24) is 4.90 Å². The fraction of sp³-hybridized carbons (Fsp3) is 0.267. The van der Waals surface area contributed by atoms with E-state index in [4.69, 9.17) is 4.42 Å². The number of fused-ring (bicyclic) bond motifs is 3. The van der Waals surface area contributed by atoms with Gasteiger partial charge < -0.3 is 9.32 Å². The highest BCUT2D eigenvalue weighted by atomic mass is 16.3. The van der Waals surface area contributed by atoms with E-state index in [1.807, 2.05) is 35.2 Å². The first-order valence-electron chi connectivity index (χ1n) is 6.29. The van der Waals surface area contributed by atoms with Crippen LogP contribution in [0.4, 0.5) is 0 Å².